The van der Waals surface area contributed by atoms with Crippen molar-refractivity contribution in [1.29, 1.82) is 0 Å². The molecule has 0 radical (unpaired) electrons. The van der Waals surface area contributed by atoms with Gasteiger partial charge in [0.15, 0.2) is 0 Å². The lowest BCUT2D eigenvalue weighted by molar-refractivity contribution is 0.0910. The largest absolute Gasteiger partial charge is 0.695 e. The molecule has 14 heavy (non-hydrogen) atoms. The number of rotatable bonds is 8. The summed E-state index contributed by atoms with van der Waals surface area (Å²) < 4.78 is 15.4. The monoisotopic (exact) mass is 221 g/mol. The Morgan fingerprint density at radius 3 is 2.29 bits per heavy atom. The van der Waals surface area contributed by atoms with E-state index < -0.39 is 13.9 Å². The summed E-state index contributed by atoms with van der Waals surface area (Å²) in [6.07, 6.45) is 6.85. The van der Waals surface area contributed by atoms with Crippen LogP contribution in [0.1, 0.15) is 59.3 Å². The molecule has 1 unspecified atom stereocenters. The minimum atomic E-state index is -2.47. The zero-order chi connectivity index (χ0) is 11.0. The maximum atomic E-state index is 10.5. The highest BCUT2D eigenvalue weighted by Crippen LogP contribution is 2.29. The van der Waals surface area contributed by atoms with Gasteiger partial charge in [-0.1, -0.05) is 39.0 Å². The molecule has 0 saturated carbocycles. The average Bonchev–Trinajstić information content (AvgIpc) is 2.01. The Balaban J connectivity index is 3.50. The molecule has 0 fully saturated rings. The Bertz CT molecular complexity index is 169. The average molecular weight is 221 g/mol. The summed E-state index contributed by atoms with van der Waals surface area (Å²) in [4.78, 5) is 8.62. The Hall–Kier alpha value is 0.0200. The first kappa shape index (κ1) is 14.0. The van der Waals surface area contributed by atoms with Crippen LogP contribution in [0.5, 0.6) is 0 Å². The fourth-order valence-electron chi connectivity index (χ4n) is 1.41. The van der Waals surface area contributed by atoms with Crippen molar-refractivity contribution in [3.8, 4) is 0 Å². The predicted molar refractivity (Wildman–Crippen MR) is 58.4 cm³/mol. The summed E-state index contributed by atoms with van der Waals surface area (Å²) in [5.41, 5.74) is -0.464. The molecule has 0 aromatic heterocycles. The van der Waals surface area contributed by atoms with Crippen LogP contribution in [-0.2, 0) is 9.09 Å². The van der Waals surface area contributed by atoms with Crippen molar-refractivity contribution in [3.05, 3.63) is 0 Å². The van der Waals surface area contributed by atoms with Gasteiger partial charge in [0, 0.05) is 4.57 Å². The molecule has 1 atom stereocenters. The maximum absolute atomic E-state index is 10.5. The van der Waals surface area contributed by atoms with Crippen LogP contribution >= 0.6 is 8.25 Å². The molecule has 0 spiro atoms. The number of unbranched alkanes of at least 4 members (excludes halogenated alkanes) is 4. The molecule has 0 amide bonds. The van der Waals surface area contributed by atoms with Crippen LogP contribution in [0.3, 0.4) is 0 Å². The Labute approximate surface area is 87.8 Å². The van der Waals surface area contributed by atoms with Crippen molar-refractivity contribution in [1.82, 2.24) is 0 Å². The molecule has 0 aromatic rings. The zero-order valence-corrected chi connectivity index (χ0v) is 10.3. The highest BCUT2D eigenvalue weighted by Gasteiger charge is 2.29. The SMILES string of the molecule is CCCCCCCC(C)(C)O[P+](=O)O. The molecule has 0 aromatic carbocycles. The van der Waals surface area contributed by atoms with Crippen LogP contribution in [0.2, 0.25) is 0 Å². The molecule has 0 rings (SSSR count). The highest BCUT2D eigenvalue weighted by molar-refractivity contribution is 7.32. The highest BCUT2D eigenvalue weighted by atomic mass is 31.1. The van der Waals surface area contributed by atoms with Crippen molar-refractivity contribution < 1.29 is 14.0 Å². The first-order valence-electron chi connectivity index (χ1n) is 5.33. The lowest BCUT2D eigenvalue weighted by Gasteiger charge is -2.16. The Kier molecular flexibility index (Phi) is 7.34. The molecule has 1 N–H and O–H groups in total. The van der Waals surface area contributed by atoms with E-state index in [1.807, 2.05) is 13.8 Å². The third-order valence-corrected chi connectivity index (χ3v) is 2.86. The van der Waals surface area contributed by atoms with Crippen LogP contribution in [0.25, 0.3) is 0 Å². The Morgan fingerprint density at radius 1 is 1.21 bits per heavy atom. The van der Waals surface area contributed by atoms with E-state index in [0.717, 1.165) is 12.8 Å². The van der Waals surface area contributed by atoms with Gasteiger partial charge in [-0.3, -0.25) is 0 Å². The summed E-state index contributed by atoms with van der Waals surface area (Å²) in [7, 11) is -2.47. The van der Waals surface area contributed by atoms with Crippen LogP contribution in [0, 0.1) is 0 Å². The van der Waals surface area contributed by atoms with Crippen LogP contribution in [0.4, 0.5) is 0 Å². The van der Waals surface area contributed by atoms with E-state index in [-0.39, 0.29) is 0 Å². The fourth-order valence-corrected chi connectivity index (χ4v) is 1.93. The van der Waals surface area contributed by atoms with Crippen molar-refractivity contribution in [3.63, 3.8) is 0 Å². The van der Waals surface area contributed by atoms with Crippen molar-refractivity contribution in [2.24, 2.45) is 0 Å². The van der Waals surface area contributed by atoms with Gasteiger partial charge >= 0.3 is 8.25 Å². The fraction of sp³-hybridized carbons (Fsp3) is 1.00. The summed E-state index contributed by atoms with van der Waals surface area (Å²) in [6, 6.07) is 0. The Morgan fingerprint density at radius 2 is 1.79 bits per heavy atom. The van der Waals surface area contributed by atoms with Gasteiger partial charge in [-0.25, -0.2) is 0 Å². The van der Waals surface area contributed by atoms with E-state index in [0.29, 0.717) is 0 Å². The van der Waals surface area contributed by atoms with Gasteiger partial charge in [-0.15, -0.1) is 9.42 Å². The molecular weight excluding hydrogens is 199 g/mol. The van der Waals surface area contributed by atoms with E-state index in [4.69, 9.17) is 9.42 Å². The molecule has 3 nitrogen and oxygen atoms in total. The minimum Gasteiger partial charge on any atom is -0.133 e. The van der Waals surface area contributed by atoms with Crippen LogP contribution in [0.15, 0.2) is 0 Å². The van der Waals surface area contributed by atoms with E-state index in [2.05, 4.69) is 6.92 Å². The minimum absolute atomic E-state index is 0.464. The molecule has 0 heterocycles. The molecule has 0 bridgehead atoms. The third-order valence-electron chi connectivity index (χ3n) is 2.21. The van der Waals surface area contributed by atoms with Crippen molar-refractivity contribution in [2.45, 2.75) is 64.9 Å². The van der Waals surface area contributed by atoms with E-state index in [9.17, 15) is 4.57 Å². The van der Waals surface area contributed by atoms with Crippen molar-refractivity contribution in [2.75, 3.05) is 0 Å². The van der Waals surface area contributed by atoms with E-state index in [1.54, 1.807) is 0 Å². The quantitative estimate of drug-likeness (QED) is 0.501. The normalized spacial score (nSPS) is 13.0. The molecule has 0 saturated heterocycles. The standard InChI is InChI=1S/C10H21O3P/c1-4-5-6-7-8-9-10(2,3)13-14(11)12/h4-9H2,1-3H3/p+1. The van der Waals surface area contributed by atoms with Gasteiger partial charge in [-0.05, 0) is 20.3 Å². The molecule has 0 aliphatic heterocycles. The van der Waals surface area contributed by atoms with Gasteiger partial charge in [0.1, 0.15) is 5.60 Å². The lowest BCUT2D eigenvalue weighted by atomic mass is 10.0. The lowest BCUT2D eigenvalue weighted by Crippen LogP contribution is -2.20. The van der Waals surface area contributed by atoms with E-state index >= 15 is 0 Å². The van der Waals surface area contributed by atoms with Crippen LogP contribution in [-0.4, -0.2) is 10.5 Å². The van der Waals surface area contributed by atoms with Crippen molar-refractivity contribution >= 4 is 8.25 Å². The summed E-state index contributed by atoms with van der Waals surface area (Å²) >= 11 is 0. The summed E-state index contributed by atoms with van der Waals surface area (Å²) in [6.45, 7) is 5.90. The van der Waals surface area contributed by atoms with Gasteiger partial charge in [0.25, 0.3) is 0 Å². The first-order valence-corrected chi connectivity index (χ1v) is 6.46. The molecule has 0 aliphatic rings. The molecule has 84 valence electrons. The second-order valence-electron chi connectivity index (χ2n) is 4.25. The summed E-state index contributed by atoms with van der Waals surface area (Å²) in [5, 5.41) is 0. The number of hydrogen-bond acceptors (Lipinski definition) is 2. The van der Waals surface area contributed by atoms with E-state index in [1.165, 1.54) is 25.7 Å². The van der Waals surface area contributed by atoms with Crippen LogP contribution < -0.4 is 0 Å². The third kappa shape index (κ3) is 8.61. The van der Waals surface area contributed by atoms with Gasteiger partial charge in [0.2, 0.25) is 0 Å². The zero-order valence-electron chi connectivity index (χ0n) is 9.45. The summed E-state index contributed by atoms with van der Waals surface area (Å²) in [5.74, 6) is 0. The second kappa shape index (κ2) is 7.33. The topological polar surface area (TPSA) is 46.5 Å². The molecule has 4 heteroatoms. The number of hydrogen-bond donors (Lipinski definition) is 1. The first-order chi connectivity index (χ1) is 6.48. The van der Waals surface area contributed by atoms with Gasteiger partial charge in [0.05, 0.1) is 0 Å². The molecular formula is C10H22O3P+. The maximum Gasteiger partial charge on any atom is 0.695 e. The predicted octanol–water partition coefficient (Wildman–Crippen LogP) is 3.79. The van der Waals surface area contributed by atoms with Gasteiger partial charge < -0.3 is 0 Å². The second-order valence-corrected chi connectivity index (χ2v) is 4.91. The smallest absolute Gasteiger partial charge is 0.133 e. The van der Waals surface area contributed by atoms with Gasteiger partial charge in [-0.2, -0.15) is 0 Å². The molecule has 0 aliphatic carbocycles.